The van der Waals surface area contributed by atoms with Crippen molar-refractivity contribution >= 4 is 27.0 Å². The van der Waals surface area contributed by atoms with Crippen molar-refractivity contribution in [3.05, 3.63) is 27.6 Å². The van der Waals surface area contributed by atoms with Gasteiger partial charge in [0.05, 0.1) is 17.9 Å². The van der Waals surface area contributed by atoms with Crippen LogP contribution in [-0.2, 0) is 22.7 Å². The number of hydrogen-bond acceptors (Lipinski definition) is 7. The summed E-state index contributed by atoms with van der Waals surface area (Å²) in [6.45, 7) is 3.72. The summed E-state index contributed by atoms with van der Waals surface area (Å²) in [5, 5.41) is 4.18. The topological polar surface area (TPSA) is 84.8 Å². The Labute approximate surface area is 140 Å². The maximum absolute atomic E-state index is 11.9. The molecule has 1 N–H and O–H groups in total. The predicted octanol–water partition coefficient (Wildman–Crippen LogP) is 2.70. The fourth-order valence-electron chi connectivity index (χ4n) is 2.66. The standard InChI is InChI=1S/C15H20N4O2S2/c1-9(15-19-11-6-4-5-7-12(11)22-15)17-14-13(23(3,20)21)8-16-10(2)18-14/h8-9H,4-7H2,1-3H3,(H,16,17,18)/t9-/m1/s1. The van der Waals surface area contributed by atoms with E-state index in [1.807, 2.05) is 6.92 Å². The van der Waals surface area contributed by atoms with Crippen LogP contribution in [0.25, 0.3) is 0 Å². The van der Waals surface area contributed by atoms with Gasteiger partial charge >= 0.3 is 0 Å². The van der Waals surface area contributed by atoms with Gasteiger partial charge in [0.15, 0.2) is 9.84 Å². The van der Waals surface area contributed by atoms with Gasteiger partial charge in [-0.15, -0.1) is 11.3 Å². The molecule has 2 aromatic rings. The van der Waals surface area contributed by atoms with E-state index in [4.69, 9.17) is 4.98 Å². The molecule has 124 valence electrons. The van der Waals surface area contributed by atoms with Gasteiger partial charge in [0.25, 0.3) is 0 Å². The Morgan fingerprint density at radius 2 is 2.00 bits per heavy atom. The lowest BCUT2D eigenvalue weighted by atomic mass is 10.0. The van der Waals surface area contributed by atoms with Crippen molar-refractivity contribution in [3.8, 4) is 0 Å². The first-order chi connectivity index (χ1) is 10.8. The van der Waals surface area contributed by atoms with Crippen LogP contribution in [0.1, 0.15) is 47.2 Å². The summed E-state index contributed by atoms with van der Waals surface area (Å²) in [6.07, 6.45) is 7.08. The van der Waals surface area contributed by atoms with E-state index in [1.54, 1.807) is 18.3 Å². The van der Waals surface area contributed by atoms with E-state index in [1.165, 1.54) is 35.9 Å². The van der Waals surface area contributed by atoms with Gasteiger partial charge in [0, 0.05) is 11.1 Å². The number of anilines is 1. The molecule has 0 aliphatic heterocycles. The summed E-state index contributed by atoms with van der Waals surface area (Å²) in [6, 6.07) is -0.0969. The molecule has 0 radical (unpaired) electrons. The van der Waals surface area contributed by atoms with Gasteiger partial charge in [-0.25, -0.2) is 23.4 Å². The summed E-state index contributed by atoms with van der Waals surface area (Å²) in [5.74, 6) is 0.881. The van der Waals surface area contributed by atoms with E-state index < -0.39 is 9.84 Å². The first-order valence-corrected chi connectivity index (χ1v) is 10.3. The zero-order valence-electron chi connectivity index (χ0n) is 13.5. The van der Waals surface area contributed by atoms with Gasteiger partial charge in [-0.05, 0) is 39.5 Å². The van der Waals surface area contributed by atoms with Crippen molar-refractivity contribution in [1.29, 1.82) is 0 Å². The smallest absolute Gasteiger partial charge is 0.180 e. The molecule has 1 aliphatic rings. The summed E-state index contributed by atoms with van der Waals surface area (Å²) in [4.78, 5) is 14.5. The molecule has 6 nitrogen and oxygen atoms in total. The van der Waals surface area contributed by atoms with Crippen molar-refractivity contribution in [1.82, 2.24) is 15.0 Å². The molecule has 1 aliphatic carbocycles. The maximum Gasteiger partial charge on any atom is 0.180 e. The molecule has 3 rings (SSSR count). The van der Waals surface area contributed by atoms with Gasteiger partial charge < -0.3 is 5.32 Å². The normalized spacial score (nSPS) is 16.0. The maximum atomic E-state index is 11.9. The summed E-state index contributed by atoms with van der Waals surface area (Å²) >= 11 is 1.71. The molecule has 0 saturated heterocycles. The van der Waals surface area contributed by atoms with E-state index in [0.29, 0.717) is 11.6 Å². The second-order valence-corrected chi connectivity index (χ2v) is 9.00. The van der Waals surface area contributed by atoms with Crippen LogP contribution in [0.5, 0.6) is 0 Å². The van der Waals surface area contributed by atoms with E-state index >= 15 is 0 Å². The lowest BCUT2D eigenvalue weighted by Crippen LogP contribution is -2.13. The fraction of sp³-hybridized carbons (Fsp3) is 0.533. The molecule has 0 fully saturated rings. The van der Waals surface area contributed by atoms with Gasteiger partial charge in [0.1, 0.15) is 21.5 Å². The lowest BCUT2D eigenvalue weighted by Gasteiger charge is -2.14. The Bertz CT molecular complexity index is 806. The van der Waals surface area contributed by atoms with E-state index in [9.17, 15) is 8.42 Å². The van der Waals surface area contributed by atoms with Crippen LogP contribution in [0.15, 0.2) is 11.1 Å². The third kappa shape index (κ3) is 3.53. The lowest BCUT2D eigenvalue weighted by molar-refractivity contribution is 0.601. The first kappa shape index (κ1) is 16.3. The SMILES string of the molecule is Cc1ncc(S(C)(=O)=O)c(N[C@H](C)c2nc3c(s2)CCCC3)n1. The number of aryl methyl sites for hydroxylation is 3. The molecule has 0 aromatic carbocycles. The number of nitrogens with one attached hydrogen (secondary N) is 1. The van der Waals surface area contributed by atoms with Crippen molar-refractivity contribution in [3.63, 3.8) is 0 Å². The van der Waals surface area contributed by atoms with E-state index in [2.05, 4.69) is 15.3 Å². The molecule has 23 heavy (non-hydrogen) atoms. The average Bonchev–Trinajstić information content (AvgIpc) is 2.90. The first-order valence-electron chi connectivity index (χ1n) is 7.63. The summed E-state index contributed by atoms with van der Waals surface area (Å²) < 4.78 is 23.8. The molecule has 0 bridgehead atoms. The third-order valence-electron chi connectivity index (χ3n) is 3.86. The Morgan fingerprint density at radius 1 is 1.26 bits per heavy atom. The van der Waals surface area contributed by atoms with E-state index in [-0.39, 0.29) is 10.9 Å². The molecule has 8 heteroatoms. The second-order valence-electron chi connectivity index (χ2n) is 5.90. The number of hydrogen-bond donors (Lipinski definition) is 1. The molecule has 0 amide bonds. The van der Waals surface area contributed by atoms with Gasteiger partial charge in [-0.2, -0.15) is 0 Å². The number of sulfone groups is 1. The van der Waals surface area contributed by atoms with Crippen LogP contribution >= 0.6 is 11.3 Å². The third-order valence-corrected chi connectivity index (χ3v) is 6.30. The molecule has 1 atom stereocenters. The zero-order valence-corrected chi connectivity index (χ0v) is 15.1. The van der Waals surface area contributed by atoms with Crippen molar-refractivity contribution in [2.24, 2.45) is 0 Å². The van der Waals surface area contributed by atoms with Crippen LogP contribution in [-0.4, -0.2) is 29.6 Å². The number of aromatic nitrogens is 3. The van der Waals surface area contributed by atoms with Crippen molar-refractivity contribution in [2.75, 3.05) is 11.6 Å². The Kier molecular flexibility index (Phi) is 4.37. The fourth-order valence-corrected chi connectivity index (χ4v) is 4.51. The van der Waals surface area contributed by atoms with Crippen molar-refractivity contribution < 1.29 is 8.42 Å². The average molecular weight is 352 g/mol. The number of nitrogens with zero attached hydrogens (tertiary/aromatic N) is 3. The van der Waals surface area contributed by atoms with Gasteiger partial charge in [-0.1, -0.05) is 0 Å². The minimum absolute atomic E-state index is 0.0969. The highest BCUT2D eigenvalue weighted by atomic mass is 32.2. The van der Waals surface area contributed by atoms with Crippen molar-refractivity contribution in [2.45, 2.75) is 50.5 Å². The molecular weight excluding hydrogens is 332 g/mol. The minimum atomic E-state index is -3.38. The van der Waals surface area contributed by atoms with Crippen LogP contribution in [0.4, 0.5) is 5.82 Å². The van der Waals surface area contributed by atoms with Gasteiger partial charge in [0.2, 0.25) is 0 Å². The second kappa shape index (κ2) is 6.16. The molecule has 0 saturated carbocycles. The van der Waals surface area contributed by atoms with Crippen LogP contribution in [0, 0.1) is 6.92 Å². The molecule has 0 unspecified atom stereocenters. The highest BCUT2D eigenvalue weighted by molar-refractivity contribution is 7.90. The van der Waals surface area contributed by atoms with E-state index in [0.717, 1.165) is 17.8 Å². The largest absolute Gasteiger partial charge is 0.360 e. The molecular formula is C15H20N4O2S2. The van der Waals surface area contributed by atoms with Crippen LogP contribution < -0.4 is 5.32 Å². The Balaban J connectivity index is 1.89. The van der Waals surface area contributed by atoms with Crippen LogP contribution in [0.2, 0.25) is 0 Å². The quantitative estimate of drug-likeness (QED) is 0.911. The number of thiazole rings is 1. The zero-order chi connectivity index (χ0) is 16.6. The van der Waals surface area contributed by atoms with Gasteiger partial charge in [-0.3, -0.25) is 0 Å². The monoisotopic (exact) mass is 352 g/mol. The Hall–Kier alpha value is -1.54. The highest BCUT2D eigenvalue weighted by Crippen LogP contribution is 2.31. The predicted molar refractivity (Wildman–Crippen MR) is 90.7 cm³/mol. The number of fused-ring (bicyclic) bond motifs is 1. The Morgan fingerprint density at radius 3 is 2.70 bits per heavy atom. The highest BCUT2D eigenvalue weighted by Gasteiger charge is 2.21. The minimum Gasteiger partial charge on any atom is -0.360 e. The number of rotatable bonds is 4. The molecule has 2 heterocycles. The molecule has 0 spiro atoms. The summed E-state index contributed by atoms with van der Waals surface area (Å²) in [7, 11) is -3.38. The van der Waals surface area contributed by atoms with Crippen LogP contribution in [0.3, 0.4) is 0 Å². The summed E-state index contributed by atoms with van der Waals surface area (Å²) in [5.41, 5.74) is 1.20. The molecule has 2 aromatic heterocycles.